The highest BCUT2D eigenvalue weighted by molar-refractivity contribution is 6.07. The van der Waals surface area contributed by atoms with Crippen LogP contribution in [0, 0.1) is 0 Å². The van der Waals surface area contributed by atoms with Gasteiger partial charge in [-0.25, -0.2) is 4.98 Å². The predicted molar refractivity (Wildman–Crippen MR) is 100 cm³/mol. The Bertz CT molecular complexity index is 913. The minimum absolute atomic E-state index is 0.820. The molecular weight excluding hydrogens is 296 g/mol. The monoisotopic (exact) mass is 314 g/mol. The number of benzene rings is 2. The molecule has 4 nitrogen and oxygen atoms in total. The standard InChI is InChI=1S/C20H18N4/c1-3-7-18-16(5-1)20(17-6-2-4-8-19(17)24-18)23-14-13-22-15-9-11-21-12-10-15/h1-12H,13-14H2,(H,21,22)(H,23,24). The summed E-state index contributed by atoms with van der Waals surface area (Å²) in [5, 5.41) is 9.28. The molecule has 0 aliphatic carbocycles. The fraction of sp³-hybridized carbons (Fsp3) is 0.100. The molecule has 4 rings (SSSR count). The lowest BCUT2D eigenvalue weighted by Gasteiger charge is -2.14. The Balaban J connectivity index is 1.59. The molecule has 0 amide bonds. The van der Waals surface area contributed by atoms with Gasteiger partial charge < -0.3 is 10.6 Å². The van der Waals surface area contributed by atoms with Crippen LogP contribution in [0.3, 0.4) is 0 Å². The Hall–Kier alpha value is -3.14. The van der Waals surface area contributed by atoms with Gasteiger partial charge >= 0.3 is 0 Å². The van der Waals surface area contributed by atoms with Crippen LogP contribution in [0.1, 0.15) is 0 Å². The number of nitrogens with one attached hydrogen (secondary N) is 2. The van der Waals surface area contributed by atoms with Gasteiger partial charge in [-0.1, -0.05) is 36.4 Å². The zero-order chi connectivity index (χ0) is 16.2. The van der Waals surface area contributed by atoms with Crippen molar-refractivity contribution in [2.24, 2.45) is 0 Å². The van der Waals surface area contributed by atoms with E-state index in [-0.39, 0.29) is 0 Å². The fourth-order valence-corrected chi connectivity index (χ4v) is 2.89. The van der Waals surface area contributed by atoms with Gasteiger partial charge in [-0.2, -0.15) is 0 Å². The summed E-state index contributed by atoms with van der Waals surface area (Å²) in [6.45, 7) is 1.65. The van der Waals surface area contributed by atoms with E-state index in [1.165, 1.54) is 0 Å². The third-order valence-electron chi connectivity index (χ3n) is 4.02. The molecule has 0 saturated heterocycles. The van der Waals surface area contributed by atoms with Crippen LogP contribution in [0.15, 0.2) is 73.1 Å². The van der Waals surface area contributed by atoms with Crippen LogP contribution < -0.4 is 10.6 Å². The van der Waals surface area contributed by atoms with Crippen molar-refractivity contribution in [3.63, 3.8) is 0 Å². The van der Waals surface area contributed by atoms with Crippen molar-refractivity contribution < 1.29 is 0 Å². The summed E-state index contributed by atoms with van der Waals surface area (Å²) in [5.41, 5.74) is 4.26. The van der Waals surface area contributed by atoms with Gasteiger partial charge in [0, 0.05) is 41.9 Å². The summed E-state index contributed by atoms with van der Waals surface area (Å²) in [4.78, 5) is 8.78. The van der Waals surface area contributed by atoms with Crippen LogP contribution >= 0.6 is 0 Å². The smallest absolute Gasteiger partial charge is 0.0730 e. The number of nitrogens with zero attached hydrogens (tertiary/aromatic N) is 2. The van der Waals surface area contributed by atoms with Crippen LogP contribution in [0.25, 0.3) is 21.8 Å². The number of para-hydroxylation sites is 2. The first-order valence-corrected chi connectivity index (χ1v) is 8.07. The lowest BCUT2D eigenvalue weighted by atomic mass is 10.1. The Morgan fingerprint density at radius 2 is 1.25 bits per heavy atom. The number of aromatic nitrogens is 2. The highest BCUT2D eigenvalue weighted by Gasteiger charge is 2.07. The first-order chi connectivity index (χ1) is 11.9. The molecule has 0 bridgehead atoms. The maximum atomic E-state index is 4.75. The van der Waals surface area contributed by atoms with Crippen LogP contribution in [-0.2, 0) is 0 Å². The normalized spacial score (nSPS) is 10.8. The number of pyridine rings is 2. The lowest BCUT2D eigenvalue weighted by molar-refractivity contribution is 1.08. The average Bonchev–Trinajstić information content (AvgIpc) is 2.65. The molecule has 0 saturated carbocycles. The van der Waals surface area contributed by atoms with Crippen LogP contribution in [0.4, 0.5) is 11.4 Å². The number of rotatable bonds is 5. The zero-order valence-electron chi connectivity index (χ0n) is 13.2. The summed E-state index contributed by atoms with van der Waals surface area (Å²) in [5.74, 6) is 0. The number of anilines is 2. The van der Waals surface area contributed by atoms with Gasteiger partial charge in [-0.15, -0.1) is 0 Å². The number of hydrogen-bond acceptors (Lipinski definition) is 4. The third-order valence-corrected chi connectivity index (χ3v) is 4.02. The first kappa shape index (κ1) is 14.5. The molecule has 0 unspecified atom stereocenters. The van der Waals surface area contributed by atoms with Crippen molar-refractivity contribution in [1.82, 2.24) is 9.97 Å². The quantitative estimate of drug-likeness (QED) is 0.426. The minimum atomic E-state index is 0.820. The largest absolute Gasteiger partial charge is 0.383 e. The molecule has 2 aromatic carbocycles. The van der Waals surface area contributed by atoms with E-state index in [4.69, 9.17) is 4.98 Å². The molecule has 0 atom stereocenters. The van der Waals surface area contributed by atoms with Gasteiger partial charge in [-0.05, 0) is 24.3 Å². The maximum absolute atomic E-state index is 4.75. The molecule has 4 aromatic rings. The molecule has 24 heavy (non-hydrogen) atoms. The van der Waals surface area contributed by atoms with E-state index in [0.29, 0.717) is 0 Å². The first-order valence-electron chi connectivity index (χ1n) is 8.07. The Labute approximate surface area is 140 Å². The van der Waals surface area contributed by atoms with E-state index in [9.17, 15) is 0 Å². The SMILES string of the molecule is c1ccc2c(NCCNc3ccncc3)c3ccccc3nc2c1. The summed E-state index contributed by atoms with van der Waals surface area (Å²) in [7, 11) is 0. The predicted octanol–water partition coefficient (Wildman–Crippen LogP) is 4.31. The van der Waals surface area contributed by atoms with E-state index in [2.05, 4.69) is 52.0 Å². The molecule has 118 valence electrons. The van der Waals surface area contributed by atoms with Gasteiger partial charge in [0.2, 0.25) is 0 Å². The number of hydrogen-bond donors (Lipinski definition) is 2. The summed E-state index contributed by atoms with van der Waals surface area (Å²) < 4.78 is 0. The molecule has 4 heteroatoms. The molecule has 0 spiro atoms. The van der Waals surface area contributed by atoms with Gasteiger partial charge in [-0.3, -0.25) is 4.98 Å². The molecule has 2 heterocycles. The molecule has 2 N–H and O–H groups in total. The van der Waals surface area contributed by atoms with E-state index in [0.717, 1.165) is 46.3 Å². The van der Waals surface area contributed by atoms with Crippen molar-refractivity contribution in [2.75, 3.05) is 23.7 Å². The Kier molecular flexibility index (Phi) is 3.94. The van der Waals surface area contributed by atoms with E-state index in [1.54, 1.807) is 12.4 Å². The molecule has 0 radical (unpaired) electrons. The minimum Gasteiger partial charge on any atom is -0.383 e. The van der Waals surface area contributed by atoms with Gasteiger partial charge in [0.15, 0.2) is 0 Å². The highest BCUT2D eigenvalue weighted by Crippen LogP contribution is 2.30. The Morgan fingerprint density at radius 3 is 1.92 bits per heavy atom. The molecule has 2 aromatic heterocycles. The van der Waals surface area contributed by atoms with Crippen LogP contribution in [-0.4, -0.2) is 23.1 Å². The lowest BCUT2D eigenvalue weighted by Crippen LogP contribution is -2.14. The summed E-state index contributed by atoms with van der Waals surface area (Å²) >= 11 is 0. The second kappa shape index (κ2) is 6.54. The number of fused-ring (bicyclic) bond motifs is 2. The Morgan fingerprint density at radius 1 is 0.667 bits per heavy atom. The van der Waals surface area contributed by atoms with Crippen molar-refractivity contribution in [3.8, 4) is 0 Å². The summed E-state index contributed by atoms with van der Waals surface area (Å²) in [6, 6.07) is 20.5. The van der Waals surface area contributed by atoms with Crippen molar-refractivity contribution in [3.05, 3.63) is 73.1 Å². The van der Waals surface area contributed by atoms with E-state index < -0.39 is 0 Å². The van der Waals surface area contributed by atoms with Gasteiger partial charge in [0.05, 0.1) is 16.7 Å². The van der Waals surface area contributed by atoms with E-state index >= 15 is 0 Å². The second-order valence-corrected chi connectivity index (χ2v) is 5.61. The van der Waals surface area contributed by atoms with Crippen molar-refractivity contribution >= 4 is 33.2 Å². The zero-order valence-corrected chi connectivity index (χ0v) is 13.2. The molecular formula is C20H18N4. The van der Waals surface area contributed by atoms with E-state index in [1.807, 2.05) is 24.3 Å². The third kappa shape index (κ3) is 2.86. The van der Waals surface area contributed by atoms with Crippen molar-refractivity contribution in [1.29, 1.82) is 0 Å². The molecule has 0 fully saturated rings. The highest BCUT2D eigenvalue weighted by atomic mass is 15.0. The second-order valence-electron chi connectivity index (χ2n) is 5.61. The van der Waals surface area contributed by atoms with Crippen molar-refractivity contribution in [2.45, 2.75) is 0 Å². The topological polar surface area (TPSA) is 49.8 Å². The maximum Gasteiger partial charge on any atom is 0.0730 e. The van der Waals surface area contributed by atoms with Gasteiger partial charge in [0.25, 0.3) is 0 Å². The van der Waals surface area contributed by atoms with Crippen LogP contribution in [0.2, 0.25) is 0 Å². The van der Waals surface area contributed by atoms with Gasteiger partial charge in [0.1, 0.15) is 0 Å². The van der Waals surface area contributed by atoms with Crippen LogP contribution in [0.5, 0.6) is 0 Å². The average molecular weight is 314 g/mol. The molecule has 0 aliphatic rings. The molecule has 0 aliphatic heterocycles. The fourth-order valence-electron chi connectivity index (χ4n) is 2.89. The summed E-state index contributed by atoms with van der Waals surface area (Å²) in [6.07, 6.45) is 3.58.